The highest BCUT2D eigenvalue weighted by atomic mass is 19.1. The number of para-hydroxylation sites is 3. The first kappa shape index (κ1) is 19.3. The molecule has 1 aromatic heterocycles. The third-order valence-electron chi connectivity index (χ3n) is 3.72. The van der Waals surface area contributed by atoms with E-state index < -0.39 is 17.5 Å². The van der Waals surface area contributed by atoms with Crippen molar-refractivity contribution in [2.24, 2.45) is 0 Å². The number of halogens is 2. The van der Waals surface area contributed by atoms with E-state index in [4.69, 9.17) is 4.74 Å². The van der Waals surface area contributed by atoms with Gasteiger partial charge in [0.05, 0.1) is 11.8 Å². The molecule has 1 amide bonds. The quantitative estimate of drug-likeness (QED) is 0.618. The number of carbonyl (C=O) groups is 1. The van der Waals surface area contributed by atoms with Gasteiger partial charge in [0, 0.05) is 11.9 Å². The van der Waals surface area contributed by atoms with Crippen LogP contribution in [0.15, 0.2) is 60.8 Å². The number of anilines is 3. The van der Waals surface area contributed by atoms with E-state index in [1.54, 1.807) is 24.3 Å². The highest BCUT2D eigenvalue weighted by Crippen LogP contribution is 2.26. The molecule has 1 heterocycles. The molecule has 0 spiro atoms. The summed E-state index contributed by atoms with van der Waals surface area (Å²) in [6, 6.07) is 13.5. The van der Waals surface area contributed by atoms with E-state index in [-0.39, 0.29) is 17.5 Å². The summed E-state index contributed by atoms with van der Waals surface area (Å²) in [6.45, 7) is 3.77. The second-order valence-electron chi connectivity index (χ2n) is 6.27. The molecule has 3 aromatic rings. The Balaban J connectivity index is 1.80. The van der Waals surface area contributed by atoms with Gasteiger partial charge in [0.15, 0.2) is 0 Å². The topological polar surface area (TPSA) is 63.2 Å². The van der Waals surface area contributed by atoms with Gasteiger partial charge in [-0.15, -0.1) is 0 Å². The van der Waals surface area contributed by atoms with Crippen molar-refractivity contribution in [2.75, 3.05) is 10.6 Å². The normalized spacial score (nSPS) is 10.6. The number of ether oxygens (including phenoxy) is 1. The average Bonchev–Trinajstić information content (AvgIpc) is 2.66. The minimum atomic E-state index is -0.734. The number of hydrogen-bond acceptors (Lipinski definition) is 4. The molecule has 5 nitrogen and oxygen atoms in total. The first-order valence-electron chi connectivity index (χ1n) is 8.68. The minimum Gasteiger partial charge on any atom is -0.489 e. The summed E-state index contributed by atoms with van der Waals surface area (Å²) in [5.74, 6) is -1.41. The Morgan fingerprint density at radius 2 is 1.75 bits per heavy atom. The molecule has 0 saturated heterocycles. The molecule has 28 heavy (non-hydrogen) atoms. The lowest BCUT2D eigenvalue weighted by atomic mass is 10.2. The van der Waals surface area contributed by atoms with Gasteiger partial charge in [0.1, 0.15) is 28.8 Å². The Morgan fingerprint density at radius 3 is 2.46 bits per heavy atom. The molecular formula is C21H19F2N3O2. The van der Waals surface area contributed by atoms with Crippen molar-refractivity contribution < 1.29 is 18.3 Å². The molecule has 0 bridgehead atoms. The van der Waals surface area contributed by atoms with Crippen LogP contribution in [0.5, 0.6) is 5.75 Å². The lowest BCUT2D eigenvalue weighted by molar-refractivity contribution is 0.102. The fourth-order valence-corrected chi connectivity index (χ4v) is 2.51. The van der Waals surface area contributed by atoms with E-state index in [0.29, 0.717) is 17.1 Å². The number of carbonyl (C=O) groups excluding carboxylic acids is 1. The van der Waals surface area contributed by atoms with Gasteiger partial charge in [-0.1, -0.05) is 18.2 Å². The summed E-state index contributed by atoms with van der Waals surface area (Å²) >= 11 is 0. The third kappa shape index (κ3) is 4.62. The standard InChI is InChI=1S/C21H19F2N3O2/c1-13(2)28-19-9-4-3-8-17(19)26-21(27)18-12-14(10-11-24-18)25-20-15(22)6-5-7-16(20)23/h3-13H,1-2H3,(H,24,25)(H,26,27). The Kier molecular flexibility index (Phi) is 5.84. The molecule has 0 radical (unpaired) electrons. The smallest absolute Gasteiger partial charge is 0.274 e. The molecular weight excluding hydrogens is 364 g/mol. The van der Waals surface area contributed by atoms with Crippen molar-refractivity contribution in [3.63, 3.8) is 0 Å². The Labute approximate surface area is 161 Å². The number of aromatic nitrogens is 1. The van der Waals surface area contributed by atoms with E-state index in [0.717, 1.165) is 12.1 Å². The van der Waals surface area contributed by atoms with E-state index in [2.05, 4.69) is 15.6 Å². The van der Waals surface area contributed by atoms with Gasteiger partial charge in [0.2, 0.25) is 0 Å². The molecule has 7 heteroatoms. The van der Waals surface area contributed by atoms with Crippen LogP contribution in [-0.4, -0.2) is 17.0 Å². The number of pyridine rings is 1. The molecule has 144 valence electrons. The van der Waals surface area contributed by atoms with Gasteiger partial charge in [-0.05, 0) is 50.2 Å². The van der Waals surface area contributed by atoms with Crippen LogP contribution >= 0.6 is 0 Å². The lowest BCUT2D eigenvalue weighted by Gasteiger charge is -2.15. The predicted molar refractivity (Wildman–Crippen MR) is 104 cm³/mol. The average molecular weight is 383 g/mol. The molecule has 2 aromatic carbocycles. The highest BCUT2D eigenvalue weighted by molar-refractivity contribution is 6.04. The second kappa shape index (κ2) is 8.47. The highest BCUT2D eigenvalue weighted by Gasteiger charge is 2.14. The van der Waals surface area contributed by atoms with Gasteiger partial charge in [-0.25, -0.2) is 8.78 Å². The number of nitrogens with zero attached hydrogens (tertiary/aromatic N) is 1. The first-order chi connectivity index (χ1) is 13.4. The maximum atomic E-state index is 13.8. The molecule has 0 unspecified atom stereocenters. The van der Waals surface area contributed by atoms with Crippen LogP contribution < -0.4 is 15.4 Å². The lowest BCUT2D eigenvalue weighted by Crippen LogP contribution is -2.16. The van der Waals surface area contributed by atoms with E-state index in [9.17, 15) is 13.6 Å². The van der Waals surface area contributed by atoms with Crippen molar-refractivity contribution in [3.05, 3.63) is 78.1 Å². The van der Waals surface area contributed by atoms with Crippen LogP contribution in [0.3, 0.4) is 0 Å². The Bertz CT molecular complexity index is 973. The summed E-state index contributed by atoms with van der Waals surface area (Å²) in [6.07, 6.45) is 1.33. The van der Waals surface area contributed by atoms with Crippen molar-refractivity contribution in [1.29, 1.82) is 0 Å². The third-order valence-corrected chi connectivity index (χ3v) is 3.72. The summed E-state index contributed by atoms with van der Waals surface area (Å²) < 4.78 is 33.3. The summed E-state index contributed by atoms with van der Waals surface area (Å²) in [7, 11) is 0. The van der Waals surface area contributed by atoms with Gasteiger partial charge in [-0.3, -0.25) is 9.78 Å². The predicted octanol–water partition coefficient (Wildman–Crippen LogP) is 5.14. The summed E-state index contributed by atoms with van der Waals surface area (Å²) in [4.78, 5) is 16.6. The van der Waals surface area contributed by atoms with Crippen LogP contribution in [0.25, 0.3) is 0 Å². The van der Waals surface area contributed by atoms with Crippen LogP contribution in [-0.2, 0) is 0 Å². The Morgan fingerprint density at radius 1 is 1.04 bits per heavy atom. The molecule has 0 fully saturated rings. The molecule has 0 atom stereocenters. The number of amides is 1. The molecule has 2 N–H and O–H groups in total. The van der Waals surface area contributed by atoms with E-state index in [1.807, 2.05) is 13.8 Å². The molecule has 0 aliphatic rings. The van der Waals surface area contributed by atoms with Crippen molar-refractivity contribution >= 4 is 23.0 Å². The fraction of sp³-hybridized carbons (Fsp3) is 0.143. The van der Waals surface area contributed by atoms with Crippen molar-refractivity contribution in [3.8, 4) is 5.75 Å². The van der Waals surface area contributed by atoms with Crippen molar-refractivity contribution in [2.45, 2.75) is 20.0 Å². The van der Waals surface area contributed by atoms with Crippen molar-refractivity contribution in [1.82, 2.24) is 4.98 Å². The molecule has 3 rings (SSSR count). The zero-order chi connectivity index (χ0) is 20.1. The van der Waals surface area contributed by atoms with Gasteiger partial charge in [-0.2, -0.15) is 0 Å². The second-order valence-corrected chi connectivity index (χ2v) is 6.27. The molecule has 0 aliphatic heterocycles. The minimum absolute atomic E-state index is 0.0561. The van der Waals surface area contributed by atoms with Crippen LogP contribution in [0.1, 0.15) is 24.3 Å². The number of rotatable bonds is 6. The zero-order valence-corrected chi connectivity index (χ0v) is 15.4. The fourth-order valence-electron chi connectivity index (χ4n) is 2.51. The van der Waals surface area contributed by atoms with E-state index >= 15 is 0 Å². The van der Waals surface area contributed by atoms with Gasteiger partial charge < -0.3 is 15.4 Å². The van der Waals surface area contributed by atoms with Crippen LogP contribution in [0.4, 0.5) is 25.8 Å². The maximum Gasteiger partial charge on any atom is 0.274 e. The van der Waals surface area contributed by atoms with Gasteiger partial charge in [0.25, 0.3) is 5.91 Å². The molecule has 0 aliphatic carbocycles. The van der Waals surface area contributed by atoms with Crippen LogP contribution in [0.2, 0.25) is 0 Å². The zero-order valence-electron chi connectivity index (χ0n) is 15.4. The SMILES string of the molecule is CC(C)Oc1ccccc1NC(=O)c1cc(Nc2c(F)cccc2F)ccn1. The van der Waals surface area contributed by atoms with E-state index in [1.165, 1.54) is 24.4 Å². The molecule has 0 saturated carbocycles. The number of benzene rings is 2. The van der Waals surface area contributed by atoms with Gasteiger partial charge >= 0.3 is 0 Å². The number of nitrogens with one attached hydrogen (secondary N) is 2. The monoisotopic (exact) mass is 383 g/mol. The summed E-state index contributed by atoms with van der Waals surface area (Å²) in [5.41, 5.74) is 0.620. The maximum absolute atomic E-state index is 13.8. The first-order valence-corrected chi connectivity index (χ1v) is 8.68. The number of hydrogen-bond donors (Lipinski definition) is 2. The van der Waals surface area contributed by atoms with Crippen LogP contribution in [0, 0.1) is 11.6 Å². The summed E-state index contributed by atoms with van der Waals surface area (Å²) in [5, 5.41) is 5.39. The Hall–Kier alpha value is -3.48. The largest absolute Gasteiger partial charge is 0.489 e.